The molecule has 3 heteroatoms. The zero-order chi connectivity index (χ0) is 19.3. The molecule has 27 heavy (non-hydrogen) atoms. The molecule has 0 aliphatic rings. The van der Waals surface area contributed by atoms with Gasteiger partial charge in [-0.1, -0.05) is 103 Å². The normalized spacial score (nSPS) is 13.0. The minimum Gasteiger partial charge on any atom is -0.395 e. The molecule has 1 N–H and O–H groups in total. The Bertz CT molecular complexity index is 878. The lowest BCUT2D eigenvalue weighted by atomic mass is 9.79. The highest BCUT2D eigenvalue weighted by Crippen LogP contribution is 2.34. The molecule has 1 nitrogen and oxygen atoms in total. The average Bonchev–Trinajstić information content (AvgIpc) is 2.71. The Balaban J connectivity index is 2.00. The van der Waals surface area contributed by atoms with Crippen LogP contribution in [0.4, 0.5) is 0 Å². The molecule has 0 heterocycles. The van der Waals surface area contributed by atoms with Gasteiger partial charge in [-0.2, -0.15) is 0 Å². The first-order valence-corrected chi connectivity index (χ1v) is 9.66. The average molecular weight is 397 g/mol. The van der Waals surface area contributed by atoms with Gasteiger partial charge in [0, 0.05) is 5.41 Å². The molecule has 0 radical (unpaired) electrons. The van der Waals surface area contributed by atoms with Crippen molar-refractivity contribution in [3.63, 3.8) is 0 Å². The van der Waals surface area contributed by atoms with E-state index < -0.39 is 5.41 Å². The van der Waals surface area contributed by atoms with Crippen molar-refractivity contribution in [3.05, 3.63) is 112 Å². The Morgan fingerprint density at radius 1 is 0.852 bits per heavy atom. The number of aliphatic hydroxyl groups is 1. The predicted octanol–water partition coefficient (Wildman–Crippen LogP) is 6.77. The first-order valence-electron chi connectivity index (χ1n) is 8.91. The lowest BCUT2D eigenvalue weighted by molar-refractivity contribution is 0.207. The summed E-state index contributed by atoms with van der Waals surface area (Å²) in [5.41, 5.74) is 3.96. The molecule has 0 saturated heterocycles. The van der Waals surface area contributed by atoms with Gasteiger partial charge in [0.1, 0.15) is 0 Å². The van der Waals surface area contributed by atoms with E-state index >= 15 is 0 Å². The monoisotopic (exact) mass is 396 g/mol. The summed E-state index contributed by atoms with van der Waals surface area (Å²) in [6.07, 6.45) is 2.87. The third-order valence-electron chi connectivity index (χ3n) is 4.89. The van der Waals surface area contributed by atoms with Crippen LogP contribution in [0.25, 0.3) is 5.57 Å². The first kappa shape index (κ1) is 19.7. The number of allylic oxidation sites excluding steroid dienone is 1. The predicted molar refractivity (Wildman–Crippen MR) is 115 cm³/mol. The molecule has 0 fully saturated rings. The quantitative estimate of drug-likeness (QED) is 0.487. The molecule has 0 saturated carbocycles. The number of aliphatic hydroxyl groups excluding tert-OH is 1. The first-order chi connectivity index (χ1) is 13.0. The van der Waals surface area contributed by atoms with E-state index in [0.29, 0.717) is 16.5 Å². The zero-order valence-electron chi connectivity index (χ0n) is 15.2. The Hall–Kier alpha value is -2.06. The van der Waals surface area contributed by atoms with Crippen LogP contribution in [-0.4, -0.2) is 11.7 Å². The fourth-order valence-electron chi connectivity index (χ4n) is 3.11. The van der Waals surface area contributed by atoms with Gasteiger partial charge in [0.15, 0.2) is 0 Å². The number of halogens is 2. The summed E-state index contributed by atoms with van der Waals surface area (Å²) in [5.74, 6) is 0. The molecule has 1 unspecified atom stereocenters. The molecule has 0 aromatic heterocycles. The van der Waals surface area contributed by atoms with Gasteiger partial charge in [-0.05, 0) is 40.8 Å². The summed E-state index contributed by atoms with van der Waals surface area (Å²) in [4.78, 5) is 0. The molecule has 0 spiro atoms. The van der Waals surface area contributed by atoms with Gasteiger partial charge in [0.05, 0.1) is 16.7 Å². The maximum absolute atomic E-state index is 10.1. The number of rotatable bonds is 6. The van der Waals surface area contributed by atoms with E-state index in [-0.39, 0.29) is 6.61 Å². The summed E-state index contributed by atoms with van der Waals surface area (Å²) >= 11 is 12.3. The Labute approximate surface area is 170 Å². The van der Waals surface area contributed by atoms with Crippen LogP contribution < -0.4 is 0 Å². The lowest BCUT2D eigenvalue weighted by Gasteiger charge is -2.27. The van der Waals surface area contributed by atoms with E-state index in [0.717, 1.165) is 22.3 Å². The minimum atomic E-state index is -0.455. The summed E-state index contributed by atoms with van der Waals surface area (Å²) in [6.45, 7) is 2.05. The second kappa shape index (κ2) is 8.75. The molecule has 1 atom stereocenters. The molecule has 0 amide bonds. The van der Waals surface area contributed by atoms with Crippen LogP contribution in [0, 0.1) is 0 Å². The standard InChI is InChI=1S/C24H22Cl2O/c1-24(17-27,20-12-13-22(25)23(26)16-20)15-14-21(18-8-4-2-5-9-18)19-10-6-3-7-11-19/h2-14,16,27H,15,17H2,1H3. The van der Waals surface area contributed by atoms with Crippen molar-refractivity contribution >= 4 is 28.8 Å². The fourth-order valence-corrected chi connectivity index (χ4v) is 3.41. The number of hydrogen-bond acceptors (Lipinski definition) is 1. The van der Waals surface area contributed by atoms with Crippen molar-refractivity contribution in [3.8, 4) is 0 Å². The van der Waals surface area contributed by atoms with Gasteiger partial charge in [0.2, 0.25) is 0 Å². The van der Waals surface area contributed by atoms with Crippen molar-refractivity contribution in [1.29, 1.82) is 0 Å². The van der Waals surface area contributed by atoms with Gasteiger partial charge in [-0.15, -0.1) is 0 Å². The second-order valence-electron chi connectivity index (χ2n) is 6.90. The van der Waals surface area contributed by atoms with Crippen LogP contribution in [0.5, 0.6) is 0 Å². The Morgan fingerprint density at radius 3 is 1.89 bits per heavy atom. The summed E-state index contributed by atoms with van der Waals surface area (Å²) in [7, 11) is 0. The third-order valence-corrected chi connectivity index (χ3v) is 5.63. The van der Waals surface area contributed by atoms with Crippen molar-refractivity contribution in [2.45, 2.75) is 18.8 Å². The SMILES string of the molecule is CC(CO)(CC=C(c1ccccc1)c1ccccc1)c1ccc(Cl)c(Cl)c1. The van der Waals surface area contributed by atoms with Crippen molar-refractivity contribution in [2.24, 2.45) is 0 Å². The smallest absolute Gasteiger partial charge is 0.0595 e. The maximum Gasteiger partial charge on any atom is 0.0595 e. The summed E-state index contributed by atoms with van der Waals surface area (Å²) < 4.78 is 0. The number of benzene rings is 3. The van der Waals surface area contributed by atoms with Crippen LogP contribution in [0.3, 0.4) is 0 Å². The van der Waals surface area contributed by atoms with Crippen LogP contribution in [-0.2, 0) is 5.41 Å². The topological polar surface area (TPSA) is 20.2 Å². The van der Waals surface area contributed by atoms with Crippen LogP contribution >= 0.6 is 23.2 Å². The van der Waals surface area contributed by atoms with E-state index in [1.807, 2.05) is 55.5 Å². The van der Waals surface area contributed by atoms with Gasteiger partial charge >= 0.3 is 0 Å². The highest BCUT2D eigenvalue weighted by atomic mass is 35.5. The Kier molecular flexibility index (Phi) is 6.38. The maximum atomic E-state index is 10.1. The van der Waals surface area contributed by atoms with Crippen molar-refractivity contribution in [1.82, 2.24) is 0 Å². The van der Waals surface area contributed by atoms with E-state index in [1.165, 1.54) is 0 Å². The molecule has 3 aromatic carbocycles. The summed E-state index contributed by atoms with van der Waals surface area (Å²) in [5, 5.41) is 11.2. The highest BCUT2D eigenvalue weighted by Gasteiger charge is 2.26. The van der Waals surface area contributed by atoms with Crippen LogP contribution in [0.1, 0.15) is 30.0 Å². The molecular formula is C24H22Cl2O. The fraction of sp³-hybridized carbons (Fsp3) is 0.167. The van der Waals surface area contributed by atoms with Gasteiger partial charge in [-0.3, -0.25) is 0 Å². The highest BCUT2D eigenvalue weighted by molar-refractivity contribution is 6.42. The molecule has 3 rings (SSSR count). The molecule has 138 valence electrons. The molecule has 3 aromatic rings. The van der Waals surface area contributed by atoms with Crippen LogP contribution in [0.15, 0.2) is 84.9 Å². The third kappa shape index (κ3) is 4.62. The van der Waals surface area contributed by atoms with Gasteiger partial charge in [0.25, 0.3) is 0 Å². The van der Waals surface area contributed by atoms with E-state index in [2.05, 4.69) is 30.3 Å². The van der Waals surface area contributed by atoms with Gasteiger partial charge in [-0.25, -0.2) is 0 Å². The van der Waals surface area contributed by atoms with E-state index in [4.69, 9.17) is 23.2 Å². The van der Waals surface area contributed by atoms with Crippen LogP contribution in [0.2, 0.25) is 10.0 Å². The molecule has 0 bridgehead atoms. The molecule has 0 aliphatic carbocycles. The Morgan fingerprint density at radius 2 is 1.41 bits per heavy atom. The van der Waals surface area contributed by atoms with E-state index in [1.54, 1.807) is 6.07 Å². The lowest BCUT2D eigenvalue weighted by Crippen LogP contribution is -2.26. The molecule has 0 aliphatic heterocycles. The largest absolute Gasteiger partial charge is 0.395 e. The second-order valence-corrected chi connectivity index (χ2v) is 7.72. The molecular weight excluding hydrogens is 375 g/mol. The zero-order valence-corrected chi connectivity index (χ0v) is 16.7. The van der Waals surface area contributed by atoms with Crippen molar-refractivity contribution in [2.75, 3.05) is 6.61 Å². The van der Waals surface area contributed by atoms with E-state index in [9.17, 15) is 5.11 Å². The summed E-state index contributed by atoms with van der Waals surface area (Å²) in [6, 6.07) is 26.2. The van der Waals surface area contributed by atoms with Crippen molar-refractivity contribution < 1.29 is 5.11 Å². The van der Waals surface area contributed by atoms with Gasteiger partial charge < -0.3 is 5.11 Å². The number of hydrogen-bond donors (Lipinski definition) is 1. The minimum absolute atomic E-state index is 0.0122.